The minimum atomic E-state index is 0.123. The number of hydrogen-bond acceptors (Lipinski definition) is 3. The molecule has 1 fully saturated rings. The number of nitrogens with zero attached hydrogens (tertiary/aromatic N) is 1. The molecule has 1 rings (SSSR count). The monoisotopic (exact) mass is 228 g/mol. The van der Waals surface area contributed by atoms with Crippen molar-refractivity contribution in [1.82, 2.24) is 4.90 Å². The summed E-state index contributed by atoms with van der Waals surface area (Å²) >= 11 is 0. The fourth-order valence-corrected chi connectivity index (χ4v) is 2.51. The van der Waals surface area contributed by atoms with Gasteiger partial charge < -0.3 is 15.4 Å². The zero-order valence-corrected chi connectivity index (χ0v) is 11.3. The molecule has 0 spiro atoms. The summed E-state index contributed by atoms with van der Waals surface area (Å²) < 4.78 is 5.39. The first kappa shape index (κ1) is 13.9. The third-order valence-corrected chi connectivity index (χ3v) is 4.46. The summed E-state index contributed by atoms with van der Waals surface area (Å²) in [5.41, 5.74) is 6.54. The van der Waals surface area contributed by atoms with Gasteiger partial charge in [-0.25, -0.2) is 0 Å². The van der Waals surface area contributed by atoms with E-state index >= 15 is 0 Å². The number of hydrogen-bond donors (Lipinski definition) is 1. The van der Waals surface area contributed by atoms with Crippen LogP contribution in [0.5, 0.6) is 0 Å². The first-order valence-electron chi connectivity index (χ1n) is 6.51. The van der Waals surface area contributed by atoms with E-state index in [4.69, 9.17) is 10.5 Å². The summed E-state index contributed by atoms with van der Waals surface area (Å²) in [5.74, 6) is 0.759. The molecule has 3 nitrogen and oxygen atoms in total. The lowest BCUT2D eigenvalue weighted by Gasteiger charge is -2.42. The Balaban J connectivity index is 2.51. The minimum absolute atomic E-state index is 0.123. The third kappa shape index (κ3) is 3.19. The van der Waals surface area contributed by atoms with Gasteiger partial charge in [0.15, 0.2) is 0 Å². The standard InChI is InChI=1S/C13H28N2O/c1-5-13(2,15(3)4)12(14)10-11-6-8-16-9-7-11/h11-12H,5-10,14H2,1-4H3. The number of likely N-dealkylation sites (N-methyl/N-ethyl adjacent to an activating group) is 1. The molecule has 0 radical (unpaired) electrons. The highest BCUT2D eigenvalue weighted by Gasteiger charge is 2.33. The average molecular weight is 228 g/mol. The maximum Gasteiger partial charge on any atom is 0.0468 e. The molecule has 96 valence electrons. The molecule has 1 saturated heterocycles. The Labute approximate surface area is 100 Å². The molecule has 2 unspecified atom stereocenters. The molecular weight excluding hydrogens is 200 g/mol. The van der Waals surface area contributed by atoms with Crippen LogP contribution in [0.3, 0.4) is 0 Å². The van der Waals surface area contributed by atoms with Crippen molar-refractivity contribution in [3.63, 3.8) is 0 Å². The predicted octanol–water partition coefficient (Wildman–Crippen LogP) is 1.86. The molecule has 0 bridgehead atoms. The van der Waals surface area contributed by atoms with E-state index in [9.17, 15) is 0 Å². The smallest absolute Gasteiger partial charge is 0.0468 e. The maximum atomic E-state index is 6.41. The summed E-state index contributed by atoms with van der Waals surface area (Å²) in [6.45, 7) is 6.34. The number of rotatable bonds is 5. The lowest BCUT2D eigenvalue weighted by Crippen LogP contribution is -2.55. The number of ether oxygens (including phenoxy) is 1. The molecule has 0 aromatic carbocycles. The van der Waals surface area contributed by atoms with Gasteiger partial charge in [-0.1, -0.05) is 6.92 Å². The van der Waals surface area contributed by atoms with Crippen molar-refractivity contribution in [1.29, 1.82) is 0 Å². The summed E-state index contributed by atoms with van der Waals surface area (Å²) in [4.78, 5) is 2.27. The van der Waals surface area contributed by atoms with Crippen molar-refractivity contribution in [3.05, 3.63) is 0 Å². The third-order valence-electron chi connectivity index (χ3n) is 4.46. The van der Waals surface area contributed by atoms with E-state index in [1.165, 1.54) is 12.8 Å². The average Bonchev–Trinajstić information content (AvgIpc) is 2.28. The quantitative estimate of drug-likeness (QED) is 0.780. The largest absolute Gasteiger partial charge is 0.381 e. The van der Waals surface area contributed by atoms with E-state index in [0.717, 1.165) is 32.0 Å². The van der Waals surface area contributed by atoms with Crippen LogP contribution in [-0.2, 0) is 4.74 Å². The lowest BCUT2D eigenvalue weighted by atomic mass is 9.81. The van der Waals surface area contributed by atoms with Crippen molar-refractivity contribution in [2.75, 3.05) is 27.3 Å². The Morgan fingerprint density at radius 2 is 1.94 bits per heavy atom. The van der Waals surface area contributed by atoms with Crippen LogP contribution in [-0.4, -0.2) is 43.8 Å². The van der Waals surface area contributed by atoms with Crippen molar-refractivity contribution >= 4 is 0 Å². The molecular formula is C13H28N2O. The predicted molar refractivity (Wildman–Crippen MR) is 68.5 cm³/mol. The van der Waals surface area contributed by atoms with E-state index in [0.29, 0.717) is 0 Å². The van der Waals surface area contributed by atoms with Crippen LogP contribution in [0.25, 0.3) is 0 Å². The SMILES string of the molecule is CCC(C)(C(N)CC1CCOCC1)N(C)C. The first-order valence-corrected chi connectivity index (χ1v) is 6.51. The Kier molecular flexibility index (Phi) is 5.22. The Hall–Kier alpha value is -0.120. The fraction of sp³-hybridized carbons (Fsp3) is 1.00. The Bertz CT molecular complexity index is 202. The van der Waals surface area contributed by atoms with Crippen molar-refractivity contribution in [2.45, 2.75) is 51.1 Å². The van der Waals surface area contributed by atoms with Gasteiger partial charge in [0.05, 0.1) is 0 Å². The summed E-state index contributed by atoms with van der Waals surface area (Å²) in [7, 11) is 4.26. The van der Waals surface area contributed by atoms with Gasteiger partial charge in [0.25, 0.3) is 0 Å². The molecule has 1 aliphatic heterocycles. The van der Waals surface area contributed by atoms with E-state index in [1.54, 1.807) is 0 Å². The van der Waals surface area contributed by atoms with Gasteiger partial charge in [-0.15, -0.1) is 0 Å². The molecule has 1 heterocycles. The second-order valence-corrected chi connectivity index (χ2v) is 5.50. The van der Waals surface area contributed by atoms with Gasteiger partial charge in [-0.05, 0) is 52.6 Å². The van der Waals surface area contributed by atoms with Crippen molar-refractivity contribution in [2.24, 2.45) is 11.7 Å². The first-order chi connectivity index (χ1) is 7.50. The molecule has 16 heavy (non-hydrogen) atoms. The van der Waals surface area contributed by atoms with Gasteiger partial charge in [-0.3, -0.25) is 0 Å². The van der Waals surface area contributed by atoms with E-state index in [2.05, 4.69) is 32.8 Å². The fourth-order valence-electron chi connectivity index (χ4n) is 2.51. The lowest BCUT2D eigenvalue weighted by molar-refractivity contribution is 0.0490. The van der Waals surface area contributed by atoms with Gasteiger partial charge in [0.1, 0.15) is 0 Å². The molecule has 2 N–H and O–H groups in total. The molecule has 0 aliphatic carbocycles. The summed E-state index contributed by atoms with van der Waals surface area (Å²) in [6, 6.07) is 0.260. The highest BCUT2D eigenvalue weighted by molar-refractivity contribution is 4.93. The Morgan fingerprint density at radius 3 is 2.38 bits per heavy atom. The maximum absolute atomic E-state index is 6.41. The van der Waals surface area contributed by atoms with Gasteiger partial charge >= 0.3 is 0 Å². The van der Waals surface area contributed by atoms with Crippen molar-refractivity contribution in [3.8, 4) is 0 Å². The zero-order chi connectivity index (χ0) is 12.2. The second kappa shape index (κ2) is 5.99. The van der Waals surface area contributed by atoms with Crippen LogP contribution < -0.4 is 5.73 Å². The zero-order valence-electron chi connectivity index (χ0n) is 11.3. The van der Waals surface area contributed by atoms with Crippen LogP contribution >= 0.6 is 0 Å². The van der Waals surface area contributed by atoms with Crippen LogP contribution in [0, 0.1) is 5.92 Å². The highest BCUT2D eigenvalue weighted by atomic mass is 16.5. The van der Waals surface area contributed by atoms with E-state index in [-0.39, 0.29) is 11.6 Å². The van der Waals surface area contributed by atoms with Gasteiger partial charge in [0, 0.05) is 24.8 Å². The minimum Gasteiger partial charge on any atom is -0.381 e. The van der Waals surface area contributed by atoms with E-state index < -0.39 is 0 Å². The topological polar surface area (TPSA) is 38.5 Å². The molecule has 2 atom stereocenters. The molecule has 0 aromatic heterocycles. The normalized spacial score (nSPS) is 24.4. The number of nitrogens with two attached hydrogens (primary N) is 1. The van der Waals surface area contributed by atoms with Crippen LogP contribution in [0.15, 0.2) is 0 Å². The highest BCUT2D eigenvalue weighted by Crippen LogP contribution is 2.27. The van der Waals surface area contributed by atoms with Crippen LogP contribution in [0.4, 0.5) is 0 Å². The molecule has 0 amide bonds. The molecule has 0 saturated carbocycles. The van der Waals surface area contributed by atoms with Gasteiger partial charge in [-0.2, -0.15) is 0 Å². The van der Waals surface area contributed by atoms with E-state index in [1.807, 2.05) is 0 Å². The Morgan fingerprint density at radius 1 is 1.38 bits per heavy atom. The molecule has 3 heteroatoms. The second-order valence-electron chi connectivity index (χ2n) is 5.50. The van der Waals surface area contributed by atoms with Gasteiger partial charge in [0.2, 0.25) is 0 Å². The van der Waals surface area contributed by atoms with Crippen molar-refractivity contribution < 1.29 is 4.74 Å². The molecule has 1 aliphatic rings. The summed E-state index contributed by atoms with van der Waals surface area (Å²) in [6.07, 6.45) is 4.60. The van der Waals surface area contributed by atoms with Crippen LogP contribution in [0.1, 0.15) is 39.5 Å². The summed E-state index contributed by atoms with van der Waals surface area (Å²) in [5, 5.41) is 0. The molecule has 0 aromatic rings. The van der Waals surface area contributed by atoms with Crippen LogP contribution in [0.2, 0.25) is 0 Å².